The molecule has 10 heavy (non-hydrogen) atoms. The maximum absolute atomic E-state index is 10.2. The van der Waals surface area contributed by atoms with Crippen molar-refractivity contribution in [1.29, 1.82) is 0 Å². The van der Waals surface area contributed by atoms with E-state index in [2.05, 4.69) is 0 Å². The molecular formula is C6H11NO3. The summed E-state index contributed by atoms with van der Waals surface area (Å²) in [5, 5.41) is 17.3. The number of hydrogen-bond acceptors (Lipinski definition) is 3. The molecule has 4 heteroatoms. The second kappa shape index (κ2) is 2.21. The molecule has 0 amide bonds. The molecule has 0 aliphatic heterocycles. The number of hydrogen-bond donors (Lipinski definition) is 3. The molecule has 1 unspecified atom stereocenters. The average molecular weight is 145 g/mol. The third-order valence-electron chi connectivity index (χ3n) is 2.06. The second-order valence-corrected chi connectivity index (χ2v) is 2.83. The molecule has 0 saturated heterocycles. The number of carboxylic acid groups (broad SMARTS) is 1. The van der Waals surface area contributed by atoms with Gasteiger partial charge in [-0.3, -0.25) is 0 Å². The van der Waals surface area contributed by atoms with Gasteiger partial charge in [-0.05, 0) is 19.3 Å². The van der Waals surface area contributed by atoms with Gasteiger partial charge in [-0.15, -0.1) is 0 Å². The van der Waals surface area contributed by atoms with Crippen LogP contribution in [0, 0.1) is 0 Å². The topological polar surface area (TPSA) is 83.5 Å². The molecule has 1 saturated carbocycles. The zero-order valence-corrected chi connectivity index (χ0v) is 5.58. The molecule has 1 aliphatic carbocycles. The normalized spacial score (nSPS) is 25.0. The molecule has 0 spiro atoms. The molecule has 0 radical (unpaired) electrons. The van der Waals surface area contributed by atoms with Crippen molar-refractivity contribution in [2.45, 2.75) is 30.9 Å². The second-order valence-electron chi connectivity index (χ2n) is 2.83. The van der Waals surface area contributed by atoms with Gasteiger partial charge >= 0.3 is 5.97 Å². The van der Waals surface area contributed by atoms with Crippen LogP contribution in [0.4, 0.5) is 0 Å². The average Bonchev–Trinajstić information content (AvgIpc) is 1.81. The Morgan fingerprint density at radius 2 is 2.10 bits per heavy atom. The number of carboxylic acids is 1. The summed E-state index contributed by atoms with van der Waals surface area (Å²) in [6, 6.07) is 0. The zero-order chi connectivity index (χ0) is 7.78. The first kappa shape index (κ1) is 7.50. The zero-order valence-electron chi connectivity index (χ0n) is 5.58. The summed E-state index contributed by atoms with van der Waals surface area (Å²) in [6.45, 7) is 0. The predicted molar refractivity (Wildman–Crippen MR) is 34.4 cm³/mol. The number of rotatable bonds is 2. The minimum atomic E-state index is -1.39. The summed E-state index contributed by atoms with van der Waals surface area (Å²) in [4.78, 5) is 10.2. The van der Waals surface area contributed by atoms with Crippen LogP contribution >= 0.6 is 0 Å². The molecule has 0 aromatic heterocycles. The van der Waals surface area contributed by atoms with Crippen LogP contribution in [0.5, 0.6) is 0 Å². The van der Waals surface area contributed by atoms with Gasteiger partial charge in [-0.2, -0.15) is 0 Å². The highest BCUT2D eigenvalue weighted by molar-refractivity contribution is 5.74. The molecule has 4 nitrogen and oxygen atoms in total. The minimum Gasteiger partial charge on any atom is -0.479 e. The van der Waals surface area contributed by atoms with Gasteiger partial charge in [0.1, 0.15) is 0 Å². The Kier molecular flexibility index (Phi) is 1.66. The molecule has 1 fully saturated rings. The first-order valence-corrected chi connectivity index (χ1v) is 3.26. The summed E-state index contributed by atoms with van der Waals surface area (Å²) in [7, 11) is 0. The van der Waals surface area contributed by atoms with E-state index in [1.54, 1.807) is 0 Å². The Balaban J connectivity index is 2.54. The van der Waals surface area contributed by atoms with Gasteiger partial charge in [0.15, 0.2) is 6.10 Å². The molecule has 1 aliphatic rings. The van der Waals surface area contributed by atoms with E-state index in [1.165, 1.54) is 0 Å². The highest BCUT2D eigenvalue weighted by Gasteiger charge is 2.43. The van der Waals surface area contributed by atoms with Crippen LogP contribution in [-0.4, -0.2) is 27.8 Å². The number of carbonyl (C=O) groups is 1. The lowest BCUT2D eigenvalue weighted by Crippen LogP contribution is -2.59. The van der Waals surface area contributed by atoms with Gasteiger partial charge in [0.25, 0.3) is 0 Å². The van der Waals surface area contributed by atoms with E-state index >= 15 is 0 Å². The van der Waals surface area contributed by atoms with Crippen molar-refractivity contribution >= 4 is 5.97 Å². The van der Waals surface area contributed by atoms with Crippen molar-refractivity contribution < 1.29 is 15.0 Å². The SMILES string of the molecule is NC1(C(O)C(=O)O)CCC1. The van der Waals surface area contributed by atoms with Crippen LogP contribution in [-0.2, 0) is 4.79 Å². The summed E-state index contributed by atoms with van der Waals surface area (Å²) in [5.74, 6) is -1.22. The molecule has 58 valence electrons. The van der Waals surface area contributed by atoms with E-state index in [-0.39, 0.29) is 0 Å². The van der Waals surface area contributed by atoms with Crippen LogP contribution in [0.1, 0.15) is 19.3 Å². The smallest absolute Gasteiger partial charge is 0.334 e. The standard InChI is InChI=1S/C6H11NO3/c7-6(2-1-3-6)4(8)5(9)10/h4,8H,1-3,7H2,(H,9,10). The lowest BCUT2D eigenvalue weighted by atomic mass is 9.73. The van der Waals surface area contributed by atoms with Gasteiger partial charge in [0.05, 0.1) is 5.54 Å². The molecule has 1 atom stereocenters. The van der Waals surface area contributed by atoms with Gasteiger partial charge in [0, 0.05) is 0 Å². The van der Waals surface area contributed by atoms with Gasteiger partial charge in [0.2, 0.25) is 0 Å². The monoisotopic (exact) mass is 145 g/mol. The summed E-state index contributed by atoms with van der Waals surface area (Å²) < 4.78 is 0. The first-order chi connectivity index (χ1) is 4.56. The maximum Gasteiger partial charge on any atom is 0.334 e. The van der Waals surface area contributed by atoms with Crippen LogP contribution in [0.15, 0.2) is 0 Å². The van der Waals surface area contributed by atoms with E-state index in [1.807, 2.05) is 0 Å². The van der Waals surface area contributed by atoms with Crippen molar-refractivity contribution in [2.75, 3.05) is 0 Å². The van der Waals surface area contributed by atoms with E-state index in [4.69, 9.17) is 15.9 Å². The maximum atomic E-state index is 10.2. The Morgan fingerprint density at radius 1 is 1.60 bits per heavy atom. The predicted octanol–water partition coefficient (Wildman–Crippen LogP) is -0.687. The van der Waals surface area contributed by atoms with Gasteiger partial charge in [-0.25, -0.2) is 4.79 Å². The molecule has 1 rings (SSSR count). The van der Waals surface area contributed by atoms with E-state index in [0.29, 0.717) is 12.8 Å². The molecule has 0 aromatic carbocycles. The van der Waals surface area contributed by atoms with Gasteiger partial charge in [-0.1, -0.05) is 0 Å². The van der Waals surface area contributed by atoms with E-state index in [9.17, 15) is 4.79 Å². The van der Waals surface area contributed by atoms with Crippen LogP contribution in [0.2, 0.25) is 0 Å². The highest BCUT2D eigenvalue weighted by Crippen LogP contribution is 2.32. The quantitative estimate of drug-likeness (QED) is 0.480. The number of nitrogens with two attached hydrogens (primary N) is 1. The molecule has 4 N–H and O–H groups in total. The van der Waals surface area contributed by atoms with Crippen molar-refractivity contribution in [3.05, 3.63) is 0 Å². The van der Waals surface area contributed by atoms with Crippen LogP contribution < -0.4 is 5.73 Å². The minimum absolute atomic E-state index is 0.612. The molecular weight excluding hydrogens is 134 g/mol. The summed E-state index contributed by atoms with van der Waals surface area (Å²) in [6.07, 6.45) is 0.753. The summed E-state index contributed by atoms with van der Waals surface area (Å²) in [5.41, 5.74) is 4.68. The third-order valence-corrected chi connectivity index (χ3v) is 2.06. The molecule has 0 aromatic rings. The number of aliphatic carboxylic acids is 1. The Bertz CT molecular complexity index is 153. The first-order valence-electron chi connectivity index (χ1n) is 3.26. The molecule has 0 bridgehead atoms. The fourth-order valence-corrected chi connectivity index (χ4v) is 1.10. The van der Waals surface area contributed by atoms with Gasteiger partial charge < -0.3 is 15.9 Å². The Labute approximate surface area is 58.6 Å². The van der Waals surface area contributed by atoms with Crippen molar-refractivity contribution in [3.63, 3.8) is 0 Å². The largest absolute Gasteiger partial charge is 0.479 e. The van der Waals surface area contributed by atoms with Crippen molar-refractivity contribution in [1.82, 2.24) is 0 Å². The lowest BCUT2D eigenvalue weighted by Gasteiger charge is -2.39. The number of aliphatic hydroxyl groups excluding tert-OH is 1. The molecule has 0 heterocycles. The Morgan fingerprint density at radius 3 is 2.20 bits per heavy atom. The van der Waals surface area contributed by atoms with Crippen molar-refractivity contribution in [3.8, 4) is 0 Å². The van der Waals surface area contributed by atoms with E-state index < -0.39 is 17.6 Å². The highest BCUT2D eigenvalue weighted by atomic mass is 16.4. The van der Waals surface area contributed by atoms with Crippen LogP contribution in [0.3, 0.4) is 0 Å². The number of aliphatic hydroxyl groups is 1. The fraction of sp³-hybridized carbons (Fsp3) is 0.833. The lowest BCUT2D eigenvalue weighted by molar-refractivity contribution is -0.152. The Hall–Kier alpha value is -0.610. The third kappa shape index (κ3) is 0.998. The fourth-order valence-electron chi connectivity index (χ4n) is 1.10. The van der Waals surface area contributed by atoms with Crippen LogP contribution in [0.25, 0.3) is 0 Å². The van der Waals surface area contributed by atoms with E-state index in [0.717, 1.165) is 6.42 Å². The van der Waals surface area contributed by atoms with Crippen molar-refractivity contribution in [2.24, 2.45) is 5.73 Å². The summed E-state index contributed by atoms with van der Waals surface area (Å²) >= 11 is 0.